The Bertz CT molecular complexity index is 366. The number of hydrogen-bond acceptors (Lipinski definition) is 2. The first-order chi connectivity index (χ1) is 7.34. The van der Waals surface area contributed by atoms with E-state index >= 15 is 0 Å². The van der Waals surface area contributed by atoms with E-state index in [1.165, 1.54) is 37.9 Å². The van der Waals surface area contributed by atoms with Crippen LogP contribution in [0.4, 0.5) is 0 Å². The minimum absolute atomic E-state index is 0.720. The summed E-state index contributed by atoms with van der Waals surface area (Å²) in [6.07, 6.45) is 7.96. The minimum atomic E-state index is 0.720. The zero-order chi connectivity index (χ0) is 10.3. The lowest BCUT2D eigenvalue weighted by Crippen LogP contribution is -2.25. The van der Waals surface area contributed by atoms with E-state index in [1.54, 1.807) is 0 Å². The minimum Gasteiger partial charge on any atom is -0.300 e. The fraction of sp³-hybridized carbons (Fsp3) is 0.583. The highest BCUT2D eigenvalue weighted by Gasteiger charge is 2.37. The Kier molecular flexibility index (Phi) is 2.53. The number of fused-ring (bicyclic) bond motifs is 1. The van der Waals surface area contributed by atoms with Crippen LogP contribution in [-0.2, 0) is 0 Å². The zero-order valence-electron chi connectivity index (χ0n) is 8.69. The van der Waals surface area contributed by atoms with Crippen molar-refractivity contribution in [2.45, 2.75) is 31.2 Å². The van der Waals surface area contributed by atoms with Crippen LogP contribution in [-0.4, -0.2) is 29.0 Å². The summed E-state index contributed by atoms with van der Waals surface area (Å²) in [7, 11) is 0. The third-order valence-electron chi connectivity index (χ3n) is 3.76. The first-order valence-corrected chi connectivity index (χ1v) is 6.48. The molecule has 80 valence electrons. The number of rotatable bonds is 1. The van der Waals surface area contributed by atoms with Crippen LogP contribution in [0, 0.1) is 0 Å². The van der Waals surface area contributed by atoms with Crippen molar-refractivity contribution in [3.05, 3.63) is 28.5 Å². The van der Waals surface area contributed by atoms with E-state index in [4.69, 9.17) is 0 Å². The van der Waals surface area contributed by atoms with Crippen LogP contribution in [0.3, 0.4) is 0 Å². The van der Waals surface area contributed by atoms with E-state index in [-0.39, 0.29) is 0 Å². The van der Waals surface area contributed by atoms with E-state index in [0.29, 0.717) is 0 Å². The van der Waals surface area contributed by atoms with Gasteiger partial charge in [0.05, 0.1) is 0 Å². The van der Waals surface area contributed by atoms with E-state index in [1.807, 2.05) is 12.4 Å². The Labute approximate surface area is 98.8 Å². The van der Waals surface area contributed by atoms with Crippen LogP contribution in [0.25, 0.3) is 0 Å². The van der Waals surface area contributed by atoms with Crippen molar-refractivity contribution in [2.24, 2.45) is 0 Å². The van der Waals surface area contributed by atoms with Gasteiger partial charge in [-0.25, -0.2) is 0 Å². The van der Waals surface area contributed by atoms with Gasteiger partial charge >= 0.3 is 0 Å². The molecule has 2 aliphatic heterocycles. The van der Waals surface area contributed by atoms with Crippen molar-refractivity contribution in [3.63, 3.8) is 0 Å². The monoisotopic (exact) mass is 266 g/mol. The standard InChI is InChI=1S/C12H15BrN2/c13-10-6-9(7-14-8-10)11-3-5-15-4-1-2-12(11)15/h6-8,11-12H,1-5H2. The summed E-state index contributed by atoms with van der Waals surface area (Å²) in [6, 6.07) is 3.03. The molecule has 2 saturated heterocycles. The van der Waals surface area contributed by atoms with Crippen LogP contribution < -0.4 is 0 Å². The molecule has 2 aliphatic rings. The Morgan fingerprint density at radius 1 is 1.27 bits per heavy atom. The molecule has 0 aromatic carbocycles. The zero-order valence-corrected chi connectivity index (χ0v) is 10.3. The number of halogens is 1. The molecule has 2 unspecified atom stereocenters. The van der Waals surface area contributed by atoms with Crippen LogP contribution in [0.5, 0.6) is 0 Å². The van der Waals surface area contributed by atoms with Gasteiger partial charge in [-0.3, -0.25) is 9.88 Å². The average molecular weight is 267 g/mol. The maximum Gasteiger partial charge on any atom is 0.0410 e. The highest BCUT2D eigenvalue weighted by atomic mass is 79.9. The maximum atomic E-state index is 4.28. The van der Waals surface area contributed by atoms with Crippen LogP contribution in [0.2, 0.25) is 0 Å². The average Bonchev–Trinajstić information content (AvgIpc) is 2.77. The molecule has 15 heavy (non-hydrogen) atoms. The van der Waals surface area contributed by atoms with E-state index in [9.17, 15) is 0 Å². The molecule has 0 N–H and O–H groups in total. The number of pyridine rings is 1. The second-order valence-electron chi connectivity index (χ2n) is 4.58. The molecule has 2 nitrogen and oxygen atoms in total. The molecule has 0 spiro atoms. The molecule has 2 atom stereocenters. The highest BCUT2D eigenvalue weighted by molar-refractivity contribution is 9.10. The maximum absolute atomic E-state index is 4.28. The topological polar surface area (TPSA) is 16.1 Å². The SMILES string of the molecule is Brc1cncc(C2CCN3CCCC23)c1. The molecular formula is C12H15BrN2. The lowest BCUT2D eigenvalue weighted by molar-refractivity contribution is 0.314. The van der Waals surface area contributed by atoms with E-state index in [2.05, 4.69) is 31.9 Å². The summed E-state index contributed by atoms with van der Waals surface area (Å²) >= 11 is 3.51. The third-order valence-corrected chi connectivity index (χ3v) is 4.19. The van der Waals surface area contributed by atoms with E-state index < -0.39 is 0 Å². The summed E-state index contributed by atoms with van der Waals surface area (Å²) in [5, 5.41) is 0. The van der Waals surface area contributed by atoms with Gasteiger partial charge in [0.2, 0.25) is 0 Å². The fourth-order valence-electron chi connectivity index (χ4n) is 3.10. The predicted octanol–water partition coefficient (Wildman–Crippen LogP) is 2.80. The molecular weight excluding hydrogens is 252 g/mol. The Hall–Kier alpha value is -0.410. The van der Waals surface area contributed by atoms with Gasteiger partial charge in [-0.15, -0.1) is 0 Å². The van der Waals surface area contributed by atoms with Gasteiger partial charge in [0.25, 0.3) is 0 Å². The number of hydrogen-bond donors (Lipinski definition) is 0. The largest absolute Gasteiger partial charge is 0.300 e. The van der Waals surface area contributed by atoms with Crippen molar-refractivity contribution in [1.29, 1.82) is 0 Å². The second-order valence-corrected chi connectivity index (χ2v) is 5.49. The normalized spacial score (nSPS) is 30.7. The van der Waals surface area contributed by atoms with Gasteiger partial charge in [0.1, 0.15) is 0 Å². The summed E-state index contributed by atoms with van der Waals surface area (Å²) < 4.78 is 1.11. The van der Waals surface area contributed by atoms with Crippen molar-refractivity contribution in [2.75, 3.05) is 13.1 Å². The molecule has 0 bridgehead atoms. The molecule has 0 saturated carbocycles. The quantitative estimate of drug-likeness (QED) is 0.777. The van der Waals surface area contributed by atoms with Gasteiger partial charge in [-0.2, -0.15) is 0 Å². The lowest BCUT2D eigenvalue weighted by Gasteiger charge is -2.20. The molecule has 1 aromatic rings. The summed E-state index contributed by atoms with van der Waals surface area (Å²) in [5.74, 6) is 0.720. The van der Waals surface area contributed by atoms with Gasteiger partial charge in [-0.1, -0.05) is 0 Å². The van der Waals surface area contributed by atoms with Crippen molar-refractivity contribution in [3.8, 4) is 0 Å². The number of nitrogens with zero attached hydrogens (tertiary/aromatic N) is 2. The van der Waals surface area contributed by atoms with Crippen LogP contribution in [0.15, 0.2) is 22.9 Å². The van der Waals surface area contributed by atoms with Crippen molar-refractivity contribution >= 4 is 15.9 Å². The Morgan fingerprint density at radius 3 is 3.07 bits per heavy atom. The Balaban J connectivity index is 1.88. The molecule has 3 heterocycles. The fourth-order valence-corrected chi connectivity index (χ4v) is 3.48. The third kappa shape index (κ3) is 1.72. The van der Waals surface area contributed by atoms with Gasteiger partial charge < -0.3 is 0 Å². The van der Waals surface area contributed by atoms with Crippen LogP contribution in [0.1, 0.15) is 30.7 Å². The van der Waals surface area contributed by atoms with Crippen molar-refractivity contribution < 1.29 is 0 Å². The number of aromatic nitrogens is 1. The molecule has 0 amide bonds. The van der Waals surface area contributed by atoms with Gasteiger partial charge in [0.15, 0.2) is 0 Å². The highest BCUT2D eigenvalue weighted by Crippen LogP contribution is 2.39. The second kappa shape index (κ2) is 3.87. The Morgan fingerprint density at radius 2 is 2.20 bits per heavy atom. The summed E-state index contributed by atoms with van der Waals surface area (Å²) in [5.41, 5.74) is 1.42. The molecule has 0 aliphatic carbocycles. The van der Waals surface area contributed by atoms with E-state index in [0.717, 1.165) is 16.4 Å². The molecule has 1 aromatic heterocycles. The molecule has 3 heteroatoms. The predicted molar refractivity (Wildman–Crippen MR) is 63.9 cm³/mol. The van der Waals surface area contributed by atoms with Crippen LogP contribution >= 0.6 is 15.9 Å². The lowest BCUT2D eigenvalue weighted by atomic mass is 9.92. The van der Waals surface area contributed by atoms with Gasteiger partial charge in [0, 0.05) is 28.8 Å². The molecule has 0 radical (unpaired) electrons. The summed E-state index contributed by atoms with van der Waals surface area (Å²) in [6.45, 7) is 2.59. The molecule has 2 fully saturated rings. The van der Waals surface area contributed by atoms with Crippen molar-refractivity contribution in [1.82, 2.24) is 9.88 Å². The summed E-state index contributed by atoms with van der Waals surface area (Å²) in [4.78, 5) is 6.92. The molecule has 3 rings (SSSR count). The first-order valence-electron chi connectivity index (χ1n) is 5.69. The smallest absolute Gasteiger partial charge is 0.0410 e. The van der Waals surface area contributed by atoms with Gasteiger partial charge in [-0.05, 0) is 59.9 Å². The first kappa shape index (κ1) is 9.79.